The lowest BCUT2D eigenvalue weighted by Crippen LogP contribution is -2.07. The van der Waals surface area contributed by atoms with Crippen LogP contribution in [0, 0.1) is 0 Å². The van der Waals surface area contributed by atoms with E-state index in [-0.39, 0.29) is 18.0 Å². The van der Waals surface area contributed by atoms with Crippen LogP contribution in [0.3, 0.4) is 0 Å². The number of carboxylic acids is 1. The normalized spacial score (nSPS) is 23.9. The zero-order valence-electron chi connectivity index (χ0n) is 8.60. The molecular formula is C10H12N2O3. The molecule has 1 aliphatic rings. The third kappa shape index (κ3) is 1.59. The van der Waals surface area contributed by atoms with Gasteiger partial charge in [0.05, 0.1) is 11.8 Å². The van der Waals surface area contributed by atoms with E-state index in [1.54, 1.807) is 6.20 Å². The predicted molar refractivity (Wildman–Crippen MR) is 51.5 cm³/mol. The molecule has 0 aliphatic carbocycles. The smallest absolute Gasteiger partial charge is 0.373 e. The van der Waals surface area contributed by atoms with Crippen LogP contribution in [-0.4, -0.2) is 21.0 Å². The van der Waals surface area contributed by atoms with Crippen molar-refractivity contribution in [1.82, 2.24) is 9.97 Å². The molecule has 0 amide bonds. The average molecular weight is 208 g/mol. The monoisotopic (exact) mass is 208 g/mol. The maximum absolute atomic E-state index is 10.7. The van der Waals surface area contributed by atoms with Crippen LogP contribution in [0.25, 0.3) is 0 Å². The van der Waals surface area contributed by atoms with Crippen molar-refractivity contribution in [2.45, 2.75) is 32.5 Å². The van der Waals surface area contributed by atoms with Crippen LogP contribution >= 0.6 is 0 Å². The van der Waals surface area contributed by atoms with Crippen LogP contribution in [0.15, 0.2) is 6.20 Å². The summed E-state index contributed by atoms with van der Waals surface area (Å²) in [6, 6.07) is 0. The van der Waals surface area contributed by atoms with E-state index in [2.05, 4.69) is 9.97 Å². The van der Waals surface area contributed by atoms with Gasteiger partial charge in [-0.05, 0) is 13.3 Å². The van der Waals surface area contributed by atoms with E-state index in [1.807, 2.05) is 13.8 Å². The molecule has 15 heavy (non-hydrogen) atoms. The zero-order valence-corrected chi connectivity index (χ0v) is 8.60. The first-order valence-electron chi connectivity index (χ1n) is 4.89. The number of hydrogen-bond acceptors (Lipinski definition) is 4. The lowest BCUT2D eigenvalue weighted by atomic mass is 10.1. The second-order valence-electron chi connectivity index (χ2n) is 3.51. The summed E-state index contributed by atoms with van der Waals surface area (Å²) in [7, 11) is 0. The molecule has 1 N–H and O–H groups in total. The number of carboxylic acid groups (broad SMARTS) is 1. The molecule has 2 atom stereocenters. The maximum atomic E-state index is 10.7. The van der Waals surface area contributed by atoms with Gasteiger partial charge in [0.2, 0.25) is 5.82 Å². The van der Waals surface area contributed by atoms with Gasteiger partial charge in [-0.1, -0.05) is 6.92 Å². The Kier molecular flexibility index (Phi) is 2.40. The number of aromatic carboxylic acids is 1. The Morgan fingerprint density at radius 3 is 3.00 bits per heavy atom. The molecule has 0 bridgehead atoms. The summed E-state index contributed by atoms with van der Waals surface area (Å²) >= 11 is 0. The van der Waals surface area contributed by atoms with Gasteiger partial charge in [0.25, 0.3) is 0 Å². The van der Waals surface area contributed by atoms with Gasteiger partial charge in [-0.2, -0.15) is 0 Å². The van der Waals surface area contributed by atoms with Crippen molar-refractivity contribution in [3.63, 3.8) is 0 Å². The molecule has 0 radical (unpaired) electrons. The van der Waals surface area contributed by atoms with E-state index < -0.39 is 5.97 Å². The fourth-order valence-corrected chi connectivity index (χ4v) is 1.75. The van der Waals surface area contributed by atoms with E-state index in [9.17, 15) is 4.79 Å². The van der Waals surface area contributed by atoms with E-state index in [0.717, 1.165) is 17.7 Å². The zero-order chi connectivity index (χ0) is 11.0. The SMILES string of the molecule is CCC1OC(C)c2cnc(C(=O)O)nc21. The lowest BCUT2D eigenvalue weighted by Gasteiger charge is -2.07. The van der Waals surface area contributed by atoms with Crippen molar-refractivity contribution in [2.24, 2.45) is 0 Å². The second kappa shape index (κ2) is 3.58. The quantitative estimate of drug-likeness (QED) is 0.801. The van der Waals surface area contributed by atoms with Crippen LogP contribution in [0.1, 0.15) is 54.4 Å². The Balaban J connectivity index is 2.47. The molecule has 0 fully saturated rings. The van der Waals surface area contributed by atoms with E-state index in [0.29, 0.717) is 0 Å². The molecule has 2 heterocycles. The number of rotatable bonds is 2. The van der Waals surface area contributed by atoms with Crippen LogP contribution in [0.4, 0.5) is 0 Å². The molecule has 0 aromatic carbocycles. The van der Waals surface area contributed by atoms with Gasteiger partial charge in [-0.25, -0.2) is 14.8 Å². The Morgan fingerprint density at radius 2 is 2.40 bits per heavy atom. The van der Waals surface area contributed by atoms with Gasteiger partial charge in [0, 0.05) is 11.8 Å². The third-order valence-corrected chi connectivity index (χ3v) is 2.52. The summed E-state index contributed by atoms with van der Waals surface area (Å²) < 4.78 is 5.62. The van der Waals surface area contributed by atoms with E-state index >= 15 is 0 Å². The minimum absolute atomic E-state index is 0.0483. The number of carbonyl (C=O) groups is 1. The summed E-state index contributed by atoms with van der Waals surface area (Å²) in [6.07, 6.45) is 2.18. The van der Waals surface area contributed by atoms with E-state index in [1.165, 1.54) is 0 Å². The molecule has 5 heteroatoms. The average Bonchev–Trinajstić information content (AvgIpc) is 2.55. The van der Waals surface area contributed by atoms with Gasteiger partial charge in [-0.3, -0.25) is 0 Å². The Hall–Kier alpha value is -1.49. The number of hydrogen-bond donors (Lipinski definition) is 1. The number of fused-ring (bicyclic) bond motifs is 1. The second-order valence-corrected chi connectivity index (χ2v) is 3.51. The Bertz CT molecular complexity index is 406. The standard InChI is InChI=1S/C10H12N2O3/c1-3-7-8-6(5(2)15-7)4-11-9(12-8)10(13)14/h4-5,7H,3H2,1-2H3,(H,13,14). The van der Waals surface area contributed by atoms with Gasteiger partial charge in [0.1, 0.15) is 6.10 Å². The van der Waals surface area contributed by atoms with Gasteiger partial charge in [-0.15, -0.1) is 0 Å². The Morgan fingerprint density at radius 1 is 1.67 bits per heavy atom. The minimum Gasteiger partial charge on any atom is -0.475 e. The maximum Gasteiger partial charge on any atom is 0.373 e. The first kappa shape index (κ1) is 10.0. The fraction of sp³-hybridized carbons (Fsp3) is 0.500. The highest BCUT2D eigenvalue weighted by Gasteiger charge is 2.30. The molecule has 2 rings (SSSR count). The number of ether oxygens (including phenoxy) is 1. The summed E-state index contributed by atoms with van der Waals surface area (Å²) in [4.78, 5) is 18.5. The lowest BCUT2D eigenvalue weighted by molar-refractivity contribution is 0.0186. The molecule has 2 unspecified atom stereocenters. The molecule has 0 saturated carbocycles. The van der Waals surface area contributed by atoms with Crippen molar-refractivity contribution in [2.75, 3.05) is 0 Å². The first-order valence-corrected chi connectivity index (χ1v) is 4.89. The number of nitrogens with zero attached hydrogens (tertiary/aromatic N) is 2. The van der Waals surface area contributed by atoms with Crippen molar-refractivity contribution >= 4 is 5.97 Å². The van der Waals surface area contributed by atoms with Crippen molar-refractivity contribution in [3.8, 4) is 0 Å². The molecule has 1 aromatic rings. The highest BCUT2D eigenvalue weighted by molar-refractivity contribution is 5.83. The summed E-state index contributed by atoms with van der Waals surface area (Å²) in [5, 5.41) is 8.78. The highest BCUT2D eigenvalue weighted by Crippen LogP contribution is 2.38. The van der Waals surface area contributed by atoms with Crippen molar-refractivity contribution in [1.29, 1.82) is 0 Å². The van der Waals surface area contributed by atoms with Gasteiger partial charge < -0.3 is 9.84 Å². The fourth-order valence-electron chi connectivity index (χ4n) is 1.75. The molecule has 80 valence electrons. The summed E-state index contributed by atoms with van der Waals surface area (Å²) in [5.74, 6) is -1.27. The van der Waals surface area contributed by atoms with E-state index in [4.69, 9.17) is 9.84 Å². The highest BCUT2D eigenvalue weighted by atomic mass is 16.5. The number of aromatic nitrogens is 2. The first-order chi connectivity index (χ1) is 7.13. The molecule has 0 spiro atoms. The van der Waals surface area contributed by atoms with Crippen LogP contribution in [0.2, 0.25) is 0 Å². The summed E-state index contributed by atoms with van der Waals surface area (Å²) in [5.41, 5.74) is 1.62. The molecule has 1 aliphatic heterocycles. The predicted octanol–water partition coefficient (Wildman–Crippen LogP) is 1.72. The molecule has 1 aromatic heterocycles. The summed E-state index contributed by atoms with van der Waals surface area (Å²) in [6.45, 7) is 3.90. The van der Waals surface area contributed by atoms with Crippen LogP contribution in [0.5, 0.6) is 0 Å². The van der Waals surface area contributed by atoms with Crippen LogP contribution < -0.4 is 0 Å². The molecule has 5 nitrogen and oxygen atoms in total. The van der Waals surface area contributed by atoms with Crippen molar-refractivity contribution in [3.05, 3.63) is 23.3 Å². The van der Waals surface area contributed by atoms with Crippen molar-refractivity contribution < 1.29 is 14.6 Å². The Labute approximate surface area is 87.1 Å². The molecular weight excluding hydrogens is 196 g/mol. The van der Waals surface area contributed by atoms with Gasteiger partial charge in [0.15, 0.2) is 0 Å². The third-order valence-electron chi connectivity index (χ3n) is 2.52. The molecule has 0 saturated heterocycles. The van der Waals surface area contributed by atoms with Gasteiger partial charge >= 0.3 is 5.97 Å². The van der Waals surface area contributed by atoms with Crippen LogP contribution in [-0.2, 0) is 4.74 Å². The topological polar surface area (TPSA) is 72.3 Å². The largest absolute Gasteiger partial charge is 0.475 e. The minimum atomic E-state index is -1.10.